The van der Waals surface area contributed by atoms with Crippen LogP contribution < -0.4 is 0 Å². The zero-order valence-electron chi connectivity index (χ0n) is 20.8. The molecule has 1 fully saturated rings. The van der Waals surface area contributed by atoms with Gasteiger partial charge in [-0.15, -0.1) is 0 Å². The average molecular weight is 455 g/mol. The van der Waals surface area contributed by atoms with Crippen molar-refractivity contribution in [2.75, 3.05) is 33.0 Å². The van der Waals surface area contributed by atoms with Gasteiger partial charge in [0.15, 0.2) is 0 Å². The van der Waals surface area contributed by atoms with Gasteiger partial charge >= 0.3 is 0 Å². The molecule has 6 heteroatoms. The van der Waals surface area contributed by atoms with Crippen LogP contribution in [0.4, 0.5) is 0 Å². The highest BCUT2D eigenvalue weighted by molar-refractivity contribution is 5.09. The van der Waals surface area contributed by atoms with Crippen LogP contribution in [0.15, 0.2) is 22.8 Å². The van der Waals surface area contributed by atoms with E-state index in [0.29, 0.717) is 26.4 Å². The van der Waals surface area contributed by atoms with Gasteiger partial charge in [0, 0.05) is 26.4 Å². The van der Waals surface area contributed by atoms with Gasteiger partial charge in [-0.1, -0.05) is 53.4 Å². The van der Waals surface area contributed by atoms with Crippen LogP contribution >= 0.6 is 0 Å². The van der Waals surface area contributed by atoms with Crippen LogP contribution in [0.3, 0.4) is 0 Å². The first-order chi connectivity index (χ1) is 15.8. The molecule has 1 aliphatic rings. The highest BCUT2D eigenvalue weighted by Crippen LogP contribution is 2.37. The molecule has 6 nitrogen and oxygen atoms in total. The molecule has 0 radical (unpaired) electrons. The summed E-state index contributed by atoms with van der Waals surface area (Å²) in [7, 11) is 0. The summed E-state index contributed by atoms with van der Waals surface area (Å²) in [6.45, 7) is 11.9. The Balaban J connectivity index is 2.26. The second-order valence-corrected chi connectivity index (χ2v) is 8.61. The molecule has 5 unspecified atom stereocenters. The van der Waals surface area contributed by atoms with Crippen LogP contribution in [-0.2, 0) is 23.7 Å². The fourth-order valence-electron chi connectivity index (χ4n) is 3.84. The molecule has 1 aromatic heterocycles. The lowest BCUT2D eigenvalue weighted by Gasteiger charge is -2.45. The van der Waals surface area contributed by atoms with Gasteiger partial charge in [-0.05, 0) is 37.8 Å². The van der Waals surface area contributed by atoms with E-state index in [1.807, 2.05) is 12.1 Å². The third-order valence-electron chi connectivity index (χ3n) is 5.81. The smallest absolute Gasteiger partial charge is 0.144 e. The number of unbranched alkanes of at least 4 members (excludes halogenated alkanes) is 4. The van der Waals surface area contributed by atoms with Crippen molar-refractivity contribution >= 4 is 0 Å². The SMILES string of the molecule is CCCCOCC1OC(c2ccco2)C(OCCCC)C(OCCCC)C1OCCCC. The minimum Gasteiger partial charge on any atom is -0.466 e. The summed E-state index contributed by atoms with van der Waals surface area (Å²) >= 11 is 0. The van der Waals surface area contributed by atoms with Gasteiger partial charge in [0.05, 0.1) is 12.9 Å². The Morgan fingerprint density at radius 3 is 1.84 bits per heavy atom. The Bertz CT molecular complexity index is 549. The minimum atomic E-state index is -0.348. The molecule has 0 amide bonds. The molecule has 2 rings (SSSR count). The van der Waals surface area contributed by atoms with Crippen LogP contribution in [-0.4, -0.2) is 57.5 Å². The Labute approximate surface area is 195 Å². The van der Waals surface area contributed by atoms with Crippen molar-refractivity contribution in [2.24, 2.45) is 0 Å². The third-order valence-corrected chi connectivity index (χ3v) is 5.81. The lowest BCUT2D eigenvalue weighted by atomic mass is 9.93. The third kappa shape index (κ3) is 8.79. The lowest BCUT2D eigenvalue weighted by molar-refractivity contribution is -0.271. The van der Waals surface area contributed by atoms with Gasteiger partial charge in [-0.3, -0.25) is 0 Å². The molecule has 32 heavy (non-hydrogen) atoms. The molecular weight excluding hydrogens is 408 g/mol. The second-order valence-electron chi connectivity index (χ2n) is 8.61. The maximum absolute atomic E-state index is 6.59. The first kappa shape index (κ1) is 27.3. The molecule has 1 aliphatic heterocycles. The van der Waals surface area contributed by atoms with Crippen LogP contribution in [0.1, 0.15) is 90.9 Å². The summed E-state index contributed by atoms with van der Waals surface area (Å²) in [4.78, 5) is 0. The van der Waals surface area contributed by atoms with Crippen molar-refractivity contribution < 1.29 is 28.1 Å². The van der Waals surface area contributed by atoms with Crippen molar-refractivity contribution in [3.63, 3.8) is 0 Å². The van der Waals surface area contributed by atoms with Crippen molar-refractivity contribution in [3.8, 4) is 0 Å². The van der Waals surface area contributed by atoms with Gasteiger partial charge in [0.1, 0.15) is 36.3 Å². The molecule has 0 spiro atoms. The van der Waals surface area contributed by atoms with E-state index in [-0.39, 0.29) is 30.5 Å². The highest BCUT2D eigenvalue weighted by atomic mass is 16.6. The summed E-state index contributed by atoms with van der Waals surface area (Å²) in [5, 5.41) is 0. The molecular formula is C26H46O6. The Morgan fingerprint density at radius 1 is 0.719 bits per heavy atom. The van der Waals surface area contributed by atoms with Gasteiger partial charge in [-0.2, -0.15) is 0 Å². The molecule has 1 saturated heterocycles. The molecule has 0 aromatic carbocycles. The van der Waals surface area contributed by atoms with Crippen molar-refractivity contribution in [1.82, 2.24) is 0 Å². The van der Waals surface area contributed by atoms with Crippen LogP contribution in [0.5, 0.6) is 0 Å². The molecule has 0 aliphatic carbocycles. The van der Waals surface area contributed by atoms with E-state index in [2.05, 4.69) is 27.7 Å². The Hall–Kier alpha value is -0.920. The first-order valence-corrected chi connectivity index (χ1v) is 12.9. The standard InChI is InChI=1S/C26H46O6/c1-5-9-15-27-20-22-23(29-16-10-6-2)25(30-17-11-7-3)26(31-18-12-8-4)24(32-22)21-14-13-19-28-21/h13-14,19,22-26H,5-12,15-18,20H2,1-4H3. The van der Waals surface area contributed by atoms with Gasteiger partial charge < -0.3 is 28.1 Å². The van der Waals surface area contributed by atoms with Crippen LogP contribution in [0, 0.1) is 0 Å². The normalized spacial score (nSPS) is 25.9. The van der Waals surface area contributed by atoms with Gasteiger partial charge in [-0.25, -0.2) is 0 Å². The summed E-state index contributed by atoms with van der Waals surface area (Å²) < 4.78 is 37.6. The number of rotatable bonds is 18. The van der Waals surface area contributed by atoms with Crippen LogP contribution in [0.2, 0.25) is 0 Å². The lowest BCUT2D eigenvalue weighted by Crippen LogP contribution is -2.58. The van der Waals surface area contributed by atoms with Crippen LogP contribution in [0.25, 0.3) is 0 Å². The fourth-order valence-corrected chi connectivity index (χ4v) is 3.84. The number of furan rings is 1. The minimum absolute atomic E-state index is 0.237. The summed E-state index contributed by atoms with van der Waals surface area (Å²) in [5.41, 5.74) is 0. The number of hydrogen-bond donors (Lipinski definition) is 0. The molecule has 0 N–H and O–H groups in total. The molecule has 2 heterocycles. The van der Waals surface area contributed by atoms with Crippen molar-refractivity contribution in [1.29, 1.82) is 0 Å². The van der Waals surface area contributed by atoms with Gasteiger partial charge in [0.2, 0.25) is 0 Å². The molecule has 0 saturated carbocycles. The van der Waals surface area contributed by atoms with E-state index in [0.717, 1.165) is 63.7 Å². The predicted octanol–water partition coefficient (Wildman–Crippen LogP) is 6.09. The molecule has 186 valence electrons. The van der Waals surface area contributed by atoms with E-state index in [1.54, 1.807) is 6.26 Å². The molecule has 1 aromatic rings. The topological polar surface area (TPSA) is 59.3 Å². The van der Waals surface area contributed by atoms with E-state index in [9.17, 15) is 0 Å². The Morgan fingerprint density at radius 2 is 1.28 bits per heavy atom. The summed E-state index contributed by atoms with van der Waals surface area (Å²) in [6, 6.07) is 3.85. The quantitative estimate of drug-likeness (QED) is 0.250. The van der Waals surface area contributed by atoms with E-state index >= 15 is 0 Å². The number of hydrogen-bond acceptors (Lipinski definition) is 6. The van der Waals surface area contributed by atoms with E-state index in [4.69, 9.17) is 28.1 Å². The zero-order valence-corrected chi connectivity index (χ0v) is 20.8. The highest BCUT2D eigenvalue weighted by Gasteiger charge is 2.49. The van der Waals surface area contributed by atoms with E-state index in [1.165, 1.54) is 0 Å². The second kappa shape index (κ2) is 16.7. The predicted molar refractivity (Wildman–Crippen MR) is 126 cm³/mol. The van der Waals surface area contributed by atoms with Gasteiger partial charge in [0.25, 0.3) is 0 Å². The maximum Gasteiger partial charge on any atom is 0.144 e. The Kier molecular flexibility index (Phi) is 14.2. The average Bonchev–Trinajstić information content (AvgIpc) is 3.34. The summed E-state index contributed by atoms with van der Waals surface area (Å²) in [6.07, 6.45) is 8.71. The molecule has 5 atom stereocenters. The van der Waals surface area contributed by atoms with Crippen molar-refractivity contribution in [3.05, 3.63) is 24.2 Å². The molecule has 0 bridgehead atoms. The monoisotopic (exact) mass is 454 g/mol. The fraction of sp³-hybridized carbons (Fsp3) is 0.846. The maximum atomic E-state index is 6.59. The number of ether oxygens (including phenoxy) is 5. The largest absolute Gasteiger partial charge is 0.466 e. The van der Waals surface area contributed by atoms with E-state index < -0.39 is 0 Å². The first-order valence-electron chi connectivity index (χ1n) is 12.9. The van der Waals surface area contributed by atoms with Crippen molar-refractivity contribution in [2.45, 2.75) is 110 Å². The zero-order chi connectivity index (χ0) is 23.0. The summed E-state index contributed by atoms with van der Waals surface area (Å²) in [5.74, 6) is 0.765.